The molecular formula is C17H27N3O5S. The number of amides is 2. The summed E-state index contributed by atoms with van der Waals surface area (Å²) in [5.41, 5.74) is 1.88. The maximum Gasteiger partial charge on any atom is 0.321 e. The van der Waals surface area contributed by atoms with Gasteiger partial charge in [0.15, 0.2) is 0 Å². The molecule has 0 heterocycles. The first-order valence-corrected chi connectivity index (χ1v) is 9.83. The molecule has 9 heteroatoms. The van der Waals surface area contributed by atoms with Crippen LogP contribution < -0.4 is 5.32 Å². The van der Waals surface area contributed by atoms with Crippen LogP contribution in [0.25, 0.3) is 0 Å². The van der Waals surface area contributed by atoms with Gasteiger partial charge in [-0.3, -0.25) is 4.79 Å². The van der Waals surface area contributed by atoms with Crippen molar-refractivity contribution in [2.24, 2.45) is 0 Å². The zero-order valence-electron chi connectivity index (χ0n) is 15.9. The van der Waals surface area contributed by atoms with Crippen LogP contribution in [0.1, 0.15) is 31.4 Å². The van der Waals surface area contributed by atoms with Crippen molar-refractivity contribution in [2.45, 2.75) is 39.0 Å². The van der Waals surface area contributed by atoms with Crippen LogP contribution in [-0.2, 0) is 14.8 Å². The summed E-state index contributed by atoms with van der Waals surface area (Å²) < 4.78 is 26.8. The summed E-state index contributed by atoms with van der Waals surface area (Å²) in [4.78, 5) is 24.3. The van der Waals surface area contributed by atoms with E-state index in [-0.39, 0.29) is 17.9 Å². The van der Waals surface area contributed by atoms with Crippen LogP contribution in [0.2, 0.25) is 0 Å². The Kier molecular flexibility index (Phi) is 7.58. The summed E-state index contributed by atoms with van der Waals surface area (Å²) in [6, 6.07) is 2.54. The number of anilines is 1. The van der Waals surface area contributed by atoms with Crippen LogP contribution in [0.4, 0.5) is 10.5 Å². The molecule has 0 aliphatic carbocycles. The lowest BCUT2D eigenvalue weighted by atomic mass is 10.1. The first kappa shape index (κ1) is 21.9. The minimum atomic E-state index is -3.65. The summed E-state index contributed by atoms with van der Waals surface area (Å²) in [5, 5.41) is 11.4. The Morgan fingerprint density at radius 3 is 2.23 bits per heavy atom. The van der Waals surface area contributed by atoms with E-state index in [0.29, 0.717) is 18.8 Å². The number of rotatable bonds is 8. The van der Waals surface area contributed by atoms with Gasteiger partial charge < -0.3 is 15.3 Å². The predicted molar refractivity (Wildman–Crippen MR) is 99.9 cm³/mol. The number of nitrogens with zero attached hydrogens (tertiary/aromatic N) is 2. The van der Waals surface area contributed by atoms with Gasteiger partial charge >= 0.3 is 12.0 Å². The summed E-state index contributed by atoms with van der Waals surface area (Å²) in [6.45, 7) is 7.86. The number of nitrogens with one attached hydrogen (secondary N) is 1. The lowest BCUT2D eigenvalue weighted by Gasteiger charge is -2.22. The Labute approximate surface area is 154 Å². The van der Waals surface area contributed by atoms with Crippen LogP contribution in [0.5, 0.6) is 0 Å². The van der Waals surface area contributed by atoms with Crippen LogP contribution >= 0.6 is 0 Å². The molecule has 1 aromatic carbocycles. The molecule has 0 aliphatic heterocycles. The van der Waals surface area contributed by atoms with E-state index in [9.17, 15) is 18.0 Å². The van der Waals surface area contributed by atoms with Crippen LogP contribution in [0, 0.1) is 13.8 Å². The fourth-order valence-corrected chi connectivity index (χ4v) is 3.96. The molecule has 8 nitrogen and oxygen atoms in total. The van der Waals surface area contributed by atoms with Crippen molar-refractivity contribution in [1.29, 1.82) is 0 Å². The number of aliphatic carboxylic acids is 1. The monoisotopic (exact) mass is 385 g/mol. The number of aryl methyl sites for hydroxylation is 1. The van der Waals surface area contributed by atoms with Gasteiger partial charge in [-0.2, -0.15) is 4.31 Å². The molecule has 2 amide bonds. The van der Waals surface area contributed by atoms with Gasteiger partial charge in [0.2, 0.25) is 10.0 Å². The summed E-state index contributed by atoms with van der Waals surface area (Å²) >= 11 is 0. The fourth-order valence-electron chi connectivity index (χ4n) is 2.39. The molecular weight excluding hydrogens is 358 g/mol. The van der Waals surface area contributed by atoms with Crippen molar-refractivity contribution in [3.8, 4) is 0 Å². The molecule has 0 aromatic heterocycles. The van der Waals surface area contributed by atoms with Gasteiger partial charge in [0.25, 0.3) is 0 Å². The van der Waals surface area contributed by atoms with Gasteiger partial charge in [-0.15, -0.1) is 0 Å². The maximum absolute atomic E-state index is 12.7. The molecule has 0 saturated carbocycles. The van der Waals surface area contributed by atoms with Crippen LogP contribution in [0.15, 0.2) is 17.0 Å². The Morgan fingerprint density at radius 2 is 1.73 bits per heavy atom. The average Bonchev–Trinajstić information content (AvgIpc) is 2.57. The van der Waals surface area contributed by atoms with Crippen LogP contribution in [-0.4, -0.2) is 61.4 Å². The third-order valence-electron chi connectivity index (χ3n) is 4.23. The molecule has 0 radical (unpaired) electrons. The predicted octanol–water partition coefficient (Wildman–Crippen LogP) is 2.27. The maximum atomic E-state index is 12.7. The SMILES string of the molecule is CCN(CC)S(=O)(=O)c1cc(C)c(C)c(NC(=O)N(C)CCC(=O)O)c1. The van der Waals surface area contributed by atoms with E-state index in [1.165, 1.54) is 22.3 Å². The highest BCUT2D eigenvalue weighted by Gasteiger charge is 2.24. The first-order valence-electron chi connectivity index (χ1n) is 8.39. The lowest BCUT2D eigenvalue weighted by Crippen LogP contribution is -2.33. The van der Waals surface area contributed by atoms with Crippen molar-refractivity contribution in [2.75, 3.05) is 32.0 Å². The van der Waals surface area contributed by atoms with Crippen molar-refractivity contribution >= 4 is 27.7 Å². The molecule has 0 fully saturated rings. The number of hydrogen-bond acceptors (Lipinski definition) is 4. The van der Waals surface area contributed by atoms with Gasteiger partial charge in [0.05, 0.1) is 11.3 Å². The smallest absolute Gasteiger partial charge is 0.321 e. The number of carbonyl (C=O) groups is 2. The fraction of sp³-hybridized carbons (Fsp3) is 0.529. The Morgan fingerprint density at radius 1 is 1.15 bits per heavy atom. The number of hydrogen-bond donors (Lipinski definition) is 2. The number of carboxylic acids is 1. The quantitative estimate of drug-likeness (QED) is 0.714. The zero-order valence-corrected chi connectivity index (χ0v) is 16.7. The van der Waals surface area contributed by atoms with Gasteiger partial charge in [0.1, 0.15) is 0 Å². The largest absolute Gasteiger partial charge is 0.481 e. The molecule has 0 atom stereocenters. The standard InChI is InChI=1S/C17H27N3O5S/c1-6-20(7-2)26(24,25)14-10-12(3)13(4)15(11-14)18-17(23)19(5)9-8-16(21)22/h10-11H,6-9H2,1-5H3,(H,18,23)(H,21,22). The number of sulfonamides is 1. The van der Waals surface area contributed by atoms with Crippen molar-refractivity contribution in [1.82, 2.24) is 9.21 Å². The molecule has 2 N–H and O–H groups in total. The second-order valence-electron chi connectivity index (χ2n) is 6.00. The summed E-state index contributed by atoms with van der Waals surface area (Å²) in [6.07, 6.45) is -0.168. The molecule has 1 rings (SSSR count). The Balaban J connectivity index is 3.16. The van der Waals surface area contributed by atoms with E-state index < -0.39 is 22.0 Å². The average molecular weight is 385 g/mol. The molecule has 146 valence electrons. The first-order chi connectivity index (χ1) is 12.0. The normalized spacial score (nSPS) is 11.5. The van der Waals surface area contributed by atoms with Crippen molar-refractivity contribution < 1.29 is 23.1 Å². The van der Waals surface area contributed by atoms with E-state index >= 15 is 0 Å². The van der Waals surface area contributed by atoms with E-state index in [2.05, 4.69) is 5.32 Å². The van der Waals surface area contributed by atoms with E-state index in [1.54, 1.807) is 33.8 Å². The highest BCUT2D eigenvalue weighted by Crippen LogP contribution is 2.26. The molecule has 0 aliphatic rings. The van der Waals surface area contributed by atoms with Crippen molar-refractivity contribution in [3.63, 3.8) is 0 Å². The van der Waals surface area contributed by atoms with E-state index in [0.717, 1.165) is 11.1 Å². The second kappa shape index (κ2) is 9.00. The molecule has 0 bridgehead atoms. The Hall–Kier alpha value is -2.13. The topological polar surface area (TPSA) is 107 Å². The number of urea groups is 1. The second-order valence-corrected chi connectivity index (χ2v) is 7.94. The van der Waals surface area contributed by atoms with Crippen molar-refractivity contribution in [3.05, 3.63) is 23.3 Å². The molecule has 1 aromatic rings. The minimum absolute atomic E-state index is 0.0522. The molecule has 0 spiro atoms. The third kappa shape index (κ3) is 5.18. The van der Waals surface area contributed by atoms with E-state index in [1.807, 2.05) is 0 Å². The van der Waals surface area contributed by atoms with Gasteiger partial charge in [-0.25, -0.2) is 13.2 Å². The zero-order chi connectivity index (χ0) is 20.1. The highest BCUT2D eigenvalue weighted by molar-refractivity contribution is 7.89. The van der Waals surface area contributed by atoms with Gasteiger partial charge in [-0.05, 0) is 37.1 Å². The highest BCUT2D eigenvalue weighted by atomic mass is 32.2. The Bertz CT molecular complexity index is 773. The number of carbonyl (C=O) groups excluding carboxylic acids is 1. The number of benzene rings is 1. The lowest BCUT2D eigenvalue weighted by molar-refractivity contribution is -0.137. The molecule has 0 saturated heterocycles. The molecule has 26 heavy (non-hydrogen) atoms. The van der Waals surface area contributed by atoms with E-state index in [4.69, 9.17) is 5.11 Å². The van der Waals surface area contributed by atoms with Crippen LogP contribution in [0.3, 0.4) is 0 Å². The summed E-state index contributed by atoms with van der Waals surface area (Å²) in [5.74, 6) is -0.996. The minimum Gasteiger partial charge on any atom is -0.481 e. The molecule has 0 unspecified atom stereocenters. The summed E-state index contributed by atoms with van der Waals surface area (Å²) in [7, 11) is -2.17. The third-order valence-corrected chi connectivity index (χ3v) is 6.26. The number of carboxylic acid groups (broad SMARTS) is 1. The van der Waals surface area contributed by atoms with Gasteiger partial charge in [0, 0.05) is 32.4 Å². The van der Waals surface area contributed by atoms with Gasteiger partial charge in [-0.1, -0.05) is 13.8 Å².